The number of rotatable bonds is 4. The van der Waals surface area contributed by atoms with Crippen molar-refractivity contribution in [2.24, 2.45) is 0 Å². The Morgan fingerprint density at radius 1 is 1.23 bits per heavy atom. The summed E-state index contributed by atoms with van der Waals surface area (Å²) in [6, 6.07) is 0. The van der Waals surface area contributed by atoms with Gasteiger partial charge in [0.2, 0.25) is 0 Å². The van der Waals surface area contributed by atoms with Gasteiger partial charge in [0.25, 0.3) is 0 Å². The van der Waals surface area contributed by atoms with Gasteiger partial charge < -0.3 is 10.2 Å². The predicted octanol–water partition coefficient (Wildman–Crippen LogP) is 2.38. The molecule has 0 rings (SSSR count). The number of hydrogen-bond donors (Lipinski definition) is 2. The molecule has 2 N–H and O–H groups in total. The van der Waals surface area contributed by atoms with Gasteiger partial charge in [0.15, 0.2) is 5.79 Å². The molecule has 0 spiro atoms. The van der Waals surface area contributed by atoms with E-state index in [2.05, 4.69) is 19.9 Å². The third-order valence-corrected chi connectivity index (χ3v) is 1.61. The van der Waals surface area contributed by atoms with Gasteiger partial charge >= 0.3 is 0 Å². The smallest absolute Gasteiger partial charge is 0.179 e. The minimum atomic E-state index is -1.67. The first kappa shape index (κ1) is 12.4. The second-order valence-corrected chi connectivity index (χ2v) is 3.90. The SMILES string of the molecule is CC(C)=CCC/C(C)=C/C(C)(O)O. The first-order valence-electron chi connectivity index (χ1n) is 4.58. The topological polar surface area (TPSA) is 40.5 Å². The molecule has 0 aliphatic rings. The van der Waals surface area contributed by atoms with E-state index in [9.17, 15) is 0 Å². The lowest BCUT2D eigenvalue weighted by Crippen LogP contribution is -2.19. The fourth-order valence-electron chi connectivity index (χ4n) is 1.13. The molecular weight excluding hydrogens is 164 g/mol. The first-order valence-corrected chi connectivity index (χ1v) is 4.58. The Labute approximate surface area is 80.6 Å². The van der Waals surface area contributed by atoms with Crippen LogP contribution in [-0.2, 0) is 0 Å². The zero-order chi connectivity index (χ0) is 10.5. The molecule has 0 aliphatic carbocycles. The molecule has 0 heterocycles. The Morgan fingerprint density at radius 2 is 1.77 bits per heavy atom. The largest absolute Gasteiger partial charge is 0.363 e. The standard InChI is InChI=1S/C11H20O2/c1-9(2)6-5-7-10(3)8-11(4,12)13/h6,8,12-13H,5,7H2,1-4H3/b10-8+. The van der Waals surface area contributed by atoms with Crippen LogP contribution in [0.15, 0.2) is 23.3 Å². The molecule has 2 heteroatoms. The molecule has 0 atom stereocenters. The fraction of sp³-hybridized carbons (Fsp3) is 0.636. The quantitative estimate of drug-likeness (QED) is 0.520. The summed E-state index contributed by atoms with van der Waals surface area (Å²) in [5, 5.41) is 18.1. The van der Waals surface area contributed by atoms with Gasteiger partial charge in [0, 0.05) is 0 Å². The normalized spacial score (nSPS) is 12.9. The Bertz CT molecular complexity index is 203. The zero-order valence-electron chi connectivity index (χ0n) is 8.96. The second kappa shape index (κ2) is 5.20. The molecule has 0 aromatic heterocycles. The van der Waals surface area contributed by atoms with Crippen molar-refractivity contribution in [2.45, 2.75) is 46.3 Å². The van der Waals surface area contributed by atoms with Crippen molar-refractivity contribution in [1.29, 1.82) is 0 Å². The van der Waals surface area contributed by atoms with Crippen LogP contribution in [0.25, 0.3) is 0 Å². The van der Waals surface area contributed by atoms with Crippen molar-refractivity contribution in [3.63, 3.8) is 0 Å². The summed E-state index contributed by atoms with van der Waals surface area (Å²) in [4.78, 5) is 0. The van der Waals surface area contributed by atoms with Gasteiger partial charge in [-0.15, -0.1) is 0 Å². The molecule has 0 aliphatic heterocycles. The van der Waals surface area contributed by atoms with E-state index in [1.807, 2.05) is 6.92 Å². The molecule has 0 aromatic rings. The van der Waals surface area contributed by atoms with Crippen LogP contribution in [0.5, 0.6) is 0 Å². The van der Waals surface area contributed by atoms with Crippen LogP contribution < -0.4 is 0 Å². The van der Waals surface area contributed by atoms with Crippen LogP contribution in [0.4, 0.5) is 0 Å². The Morgan fingerprint density at radius 3 is 2.15 bits per heavy atom. The fourth-order valence-corrected chi connectivity index (χ4v) is 1.13. The summed E-state index contributed by atoms with van der Waals surface area (Å²) in [5.41, 5.74) is 2.30. The van der Waals surface area contributed by atoms with E-state index in [4.69, 9.17) is 10.2 Å². The van der Waals surface area contributed by atoms with Crippen molar-refractivity contribution in [3.05, 3.63) is 23.3 Å². The van der Waals surface area contributed by atoms with Crippen molar-refractivity contribution >= 4 is 0 Å². The van der Waals surface area contributed by atoms with Crippen LogP contribution >= 0.6 is 0 Å². The molecule has 13 heavy (non-hydrogen) atoms. The van der Waals surface area contributed by atoms with Gasteiger partial charge in [-0.25, -0.2) is 0 Å². The van der Waals surface area contributed by atoms with Gasteiger partial charge in [-0.3, -0.25) is 0 Å². The van der Waals surface area contributed by atoms with Crippen molar-refractivity contribution in [1.82, 2.24) is 0 Å². The number of hydrogen-bond acceptors (Lipinski definition) is 2. The average Bonchev–Trinajstić information content (AvgIpc) is 1.81. The minimum Gasteiger partial charge on any atom is -0.363 e. The molecule has 0 fully saturated rings. The maximum Gasteiger partial charge on any atom is 0.179 e. The Kier molecular flexibility index (Phi) is 4.96. The molecule has 0 saturated heterocycles. The van der Waals surface area contributed by atoms with Crippen molar-refractivity contribution in [3.8, 4) is 0 Å². The lowest BCUT2D eigenvalue weighted by atomic mass is 10.1. The monoisotopic (exact) mass is 184 g/mol. The van der Waals surface area contributed by atoms with Crippen LogP contribution in [0.1, 0.15) is 40.5 Å². The summed E-state index contributed by atoms with van der Waals surface area (Å²) in [6.45, 7) is 7.38. The van der Waals surface area contributed by atoms with Gasteiger partial charge in [-0.1, -0.05) is 17.2 Å². The molecule has 2 nitrogen and oxygen atoms in total. The third-order valence-electron chi connectivity index (χ3n) is 1.61. The Balaban J connectivity index is 3.95. The lowest BCUT2D eigenvalue weighted by molar-refractivity contribution is -0.101. The Hall–Kier alpha value is -0.600. The molecule has 0 aromatic carbocycles. The zero-order valence-corrected chi connectivity index (χ0v) is 8.96. The maximum absolute atomic E-state index is 9.06. The van der Waals surface area contributed by atoms with Crippen LogP contribution in [-0.4, -0.2) is 16.0 Å². The molecule has 0 unspecified atom stereocenters. The minimum absolute atomic E-state index is 0.877. The molecule has 76 valence electrons. The van der Waals surface area contributed by atoms with Gasteiger partial charge in [0.05, 0.1) is 0 Å². The second-order valence-electron chi connectivity index (χ2n) is 3.90. The van der Waals surface area contributed by atoms with E-state index >= 15 is 0 Å². The highest BCUT2D eigenvalue weighted by Crippen LogP contribution is 2.11. The summed E-state index contributed by atoms with van der Waals surface area (Å²) in [6.07, 6.45) is 5.46. The van der Waals surface area contributed by atoms with E-state index in [-0.39, 0.29) is 0 Å². The maximum atomic E-state index is 9.06. The highest BCUT2D eigenvalue weighted by molar-refractivity contribution is 5.05. The van der Waals surface area contributed by atoms with Gasteiger partial charge in [-0.2, -0.15) is 0 Å². The van der Waals surface area contributed by atoms with Crippen molar-refractivity contribution < 1.29 is 10.2 Å². The van der Waals surface area contributed by atoms with E-state index < -0.39 is 5.79 Å². The first-order chi connectivity index (χ1) is 5.81. The van der Waals surface area contributed by atoms with Crippen molar-refractivity contribution in [2.75, 3.05) is 0 Å². The van der Waals surface area contributed by atoms with Gasteiger partial charge in [-0.05, 0) is 46.6 Å². The molecule has 0 radical (unpaired) electrons. The summed E-state index contributed by atoms with van der Waals surface area (Å²) in [7, 11) is 0. The molecule has 0 amide bonds. The summed E-state index contributed by atoms with van der Waals surface area (Å²) >= 11 is 0. The summed E-state index contributed by atoms with van der Waals surface area (Å²) < 4.78 is 0. The molecular formula is C11H20O2. The van der Waals surface area contributed by atoms with Crippen LogP contribution in [0.3, 0.4) is 0 Å². The lowest BCUT2D eigenvalue weighted by Gasteiger charge is -2.11. The molecule has 0 bridgehead atoms. The van der Waals surface area contributed by atoms with E-state index in [1.54, 1.807) is 0 Å². The number of allylic oxidation sites excluding steroid dienone is 3. The summed E-state index contributed by atoms with van der Waals surface area (Å²) in [5.74, 6) is -1.67. The highest BCUT2D eigenvalue weighted by Gasteiger charge is 2.09. The van der Waals surface area contributed by atoms with Crippen LogP contribution in [0.2, 0.25) is 0 Å². The van der Waals surface area contributed by atoms with Crippen LogP contribution in [0, 0.1) is 0 Å². The highest BCUT2D eigenvalue weighted by atomic mass is 16.5. The third kappa shape index (κ3) is 9.31. The van der Waals surface area contributed by atoms with E-state index in [0.29, 0.717) is 0 Å². The average molecular weight is 184 g/mol. The predicted molar refractivity (Wildman–Crippen MR) is 55.3 cm³/mol. The van der Waals surface area contributed by atoms with E-state index in [0.717, 1.165) is 18.4 Å². The molecule has 0 saturated carbocycles. The number of aliphatic hydroxyl groups is 2. The van der Waals surface area contributed by atoms with Gasteiger partial charge in [0.1, 0.15) is 0 Å². The van der Waals surface area contributed by atoms with E-state index in [1.165, 1.54) is 18.6 Å².